The van der Waals surface area contributed by atoms with Gasteiger partial charge in [0.15, 0.2) is 5.16 Å². The van der Waals surface area contributed by atoms with E-state index in [1.165, 1.54) is 5.56 Å². The second-order valence-corrected chi connectivity index (χ2v) is 7.66. The summed E-state index contributed by atoms with van der Waals surface area (Å²) in [5.74, 6) is 1.17. The van der Waals surface area contributed by atoms with Gasteiger partial charge in [-0.25, -0.2) is 0 Å². The molecule has 0 saturated heterocycles. The van der Waals surface area contributed by atoms with E-state index in [2.05, 4.69) is 33.8 Å². The summed E-state index contributed by atoms with van der Waals surface area (Å²) in [6.07, 6.45) is 3.57. The third kappa shape index (κ3) is 4.11. The van der Waals surface area contributed by atoms with E-state index in [0.717, 1.165) is 35.3 Å². The lowest BCUT2D eigenvalue weighted by Crippen LogP contribution is -2.15. The Morgan fingerprint density at radius 3 is 2.67 bits per heavy atom. The number of amides is 1. The zero-order valence-corrected chi connectivity index (χ0v) is 15.2. The fourth-order valence-electron chi connectivity index (χ4n) is 2.65. The predicted molar refractivity (Wildman–Crippen MR) is 96.1 cm³/mol. The SMILES string of the molecule is CC[C@@H](Sc1nnc(C2CC2)n1CCC(N)=O)c1ccc(Cl)cc1. The maximum Gasteiger partial charge on any atom is 0.219 e. The van der Waals surface area contributed by atoms with Crippen molar-refractivity contribution in [1.29, 1.82) is 0 Å². The van der Waals surface area contributed by atoms with Crippen LogP contribution in [-0.4, -0.2) is 20.7 Å². The second-order valence-electron chi connectivity index (χ2n) is 6.05. The number of thioether (sulfide) groups is 1. The smallest absolute Gasteiger partial charge is 0.219 e. The lowest BCUT2D eigenvalue weighted by molar-refractivity contribution is -0.118. The van der Waals surface area contributed by atoms with Crippen molar-refractivity contribution in [2.75, 3.05) is 0 Å². The zero-order valence-electron chi connectivity index (χ0n) is 13.6. The molecule has 0 unspecified atom stereocenters. The van der Waals surface area contributed by atoms with Crippen LogP contribution < -0.4 is 5.73 Å². The minimum absolute atomic E-state index is 0.269. The Hall–Kier alpha value is -1.53. The Morgan fingerprint density at radius 1 is 1.38 bits per heavy atom. The number of benzene rings is 1. The molecule has 0 radical (unpaired) electrons. The molecule has 1 aliphatic carbocycles. The molecule has 1 amide bonds. The summed E-state index contributed by atoms with van der Waals surface area (Å²) in [6.45, 7) is 2.70. The molecule has 3 rings (SSSR count). The van der Waals surface area contributed by atoms with Crippen molar-refractivity contribution in [1.82, 2.24) is 14.8 Å². The Balaban J connectivity index is 1.82. The molecule has 7 heteroatoms. The topological polar surface area (TPSA) is 73.8 Å². The third-order valence-electron chi connectivity index (χ3n) is 4.13. The van der Waals surface area contributed by atoms with Gasteiger partial charge in [-0.3, -0.25) is 4.79 Å². The van der Waals surface area contributed by atoms with Crippen LogP contribution in [0.5, 0.6) is 0 Å². The van der Waals surface area contributed by atoms with Gasteiger partial charge in [0.1, 0.15) is 5.82 Å². The van der Waals surface area contributed by atoms with E-state index >= 15 is 0 Å². The highest BCUT2D eigenvalue weighted by atomic mass is 35.5. The Bertz CT molecular complexity index is 712. The Morgan fingerprint density at radius 2 is 2.08 bits per heavy atom. The fourth-order valence-corrected chi connectivity index (χ4v) is 3.90. The van der Waals surface area contributed by atoms with Gasteiger partial charge in [0.05, 0.1) is 0 Å². The van der Waals surface area contributed by atoms with Gasteiger partial charge in [-0.2, -0.15) is 0 Å². The number of hydrogen-bond acceptors (Lipinski definition) is 4. The van der Waals surface area contributed by atoms with Crippen LogP contribution in [0.4, 0.5) is 0 Å². The highest BCUT2D eigenvalue weighted by Gasteiger charge is 2.31. The number of aromatic nitrogens is 3. The summed E-state index contributed by atoms with van der Waals surface area (Å²) in [7, 11) is 0. The molecule has 1 aromatic heterocycles. The number of primary amides is 1. The fraction of sp³-hybridized carbons (Fsp3) is 0.471. The standard InChI is InChI=1S/C17H21ClN4OS/c1-2-14(11-5-7-13(18)8-6-11)24-17-21-20-16(12-3-4-12)22(17)10-9-15(19)23/h5-8,12,14H,2-4,9-10H2,1H3,(H2,19,23)/t14-/m1/s1. The van der Waals surface area contributed by atoms with Crippen molar-refractivity contribution in [3.8, 4) is 0 Å². The molecule has 1 fully saturated rings. The van der Waals surface area contributed by atoms with Crippen molar-refractivity contribution in [3.63, 3.8) is 0 Å². The molecular formula is C17H21ClN4OS. The van der Waals surface area contributed by atoms with E-state index < -0.39 is 0 Å². The number of hydrogen-bond donors (Lipinski definition) is 1. The molecule has 0 bridgehead atoms. The average molecular weight is 365 g/mol. The van der Waals surface area contributed by atoms with Gasteiger partial charge in [-0.05, 0) is 37.0 Å². The van der Waals surface area contributed by atoms with E-state index in [1.807, 2.05) is 12.1 Å². The average Bonchev–Trinajstić information content (AvgIpc) is 3.33. The second kappa shape index (κ2) is 7.57. The van der Waals surface area contributed by atoms with Crippen molar-refractivity contribution in [2.24, 2.45) is 5.73 Å². The van der Waals surface area contributed by atoms with Crippen molar-refractivity contribution in [2.45, 2.75) is 55.5 Å². The van der Waals surface area contributed by atoms with Crippen LogP contribution in [0.3, 0.4) is 0 Å². The molecule has 0 aliphatic heterocycles. The predicted octanol–water partition coefficient (Wildman–Crippen LogP) is 3.93. The third-order valence-corrected chi connectivity index (χ3v) is 5.78. The van der Waals surface area contributed by atoms with Crippen LogP contribution in [-0.2, 0) is 11.3 Å². The summed E-state index contributed by atoms with van der Waals surface area (Å²) in [6, 6.07) is 7.92. The van der Waals surface area contributed by atoms with Gasteiger partial charge < -0.3 is 10.3 Å². The monoisotopic (exact) mass is 364 g/mol. The normalized spacial score (nSPS) is 15.4. The van der Waals surface area contributed by atoms with Crippen LogP contribution in [0.25, 0.3) is 0 Å². The van der Waals surface area contributed by atoms with Crippen molar-refractivity contribution >= 4 is 29.3 Å². The van der Waals surface area contributed by atoms with Gasteiger partial charge in [-0.15, -0.1) is 10.2 Å². The molecule has 1 saturated carbocycles. The summed E-state index contributed by atoms with van der Waals surface area (Å²) in [5.41, 5.74) is 6.53. The molecule has 1 aromatic carbocycles. The lowest BCUT2D eigenvalue weighted by Gasteiger charge is -2.16. The van der Waals surface area contributed by atoms with Crippen molar-refractivity contribution in [3.05, 3.63) is 40.7 Å². The lowest BCUT2D eigenvalue weighted by atomic mass is 10.1. The first-order chi connectivity index (χ1) is 11.6. The van der Waals surface area contributed by atoms with Gasteiger partial charge in [-0.1, -0.05) is 42.4 Å². The van der Waals surface area contributed by atoms with Crippen LogP contribution in [0.2, 0.25) is 5.02 Å². The molecule has 1 atom stereocenters. The first kappa shape index (κ1) is 17.3. The molecule has 24 heavy (non-hydrogen) atoms. The largest absolute Gasteiger partial charge is 0.370 e. The number of nitrogens with two attached hydrogens (primary N) is 1. The minimum Gasteiger partial charge on any atom is -0.370 e. The molecule has 0 spiro atoms. The highest BCUT2D eigenvalue weighted by Crippen LogP contribution is 2.42. The first-order valence-corrected chi connectivity index (χ1v) is 9.47. The summed E-state index contributed by atoms with van der Waals surface area (Å²) >= 11 is 7.67. The van der Waals surface area contributed by atoms with Gasteiger partial charge >= 0.3 is 0 Å². The molecule has 2 aromatic rings. The van der Waals surface area contributed by atoms with Crippen LogP contribution in [0, 0.1) is 0 Å². The van der Waals surface area contributed by atoms with Crippen LogP contribution in [0.15, 0.2) is 29.4 Å². The number of rotatable bonds is 8. The number of carbonyl (C=O) groups is 1. The number of carbonyl (C=O) groups excluding carboxylic acids is 1. The first-order valence-electron chi connectivity index (χ1n) is 8.22. The zero-order chi connectivity index (χ0) is 17.1. The van der Waals surface area contributed by atoms with Crippen molar-refractivity contribution < 1.29 is 4.79 Å². The summed E-state index contributed by atoms with van der Waals surface area (Å²) in [4.78, 5) is 11.2. The van der Waals surface area contributed by atoms with E-state index in [4.69, 9.17) is 17.3 Å². The van der Waals surface area contributed by atoms with Crippen LogP contribution >= 0.6 is 23.4 Å². The summed E-state index contributed by atoms with van der Waals surface area (Å²) in [5, 5.41) is 10.6. The summed E-state index contributed by atoms with van der Waals surface area (Å²) < 4.78 is 2.08. The number of halogens is 1. The molecular weight excluding hydrogens is 344 g/mol. The maximum atomic E-state index is 11.2. The van der Waals surface area contributed by atoms with E-state index in [-0.39, 0.29) is 11.2 Å². The van der Waals surface area contributed by atoms with Gasteiger partial charge in [0, 0.05) is 29.2 Å². The van der Waals surface area contributed by atoms with Gasteiger partial charge in [0.25, 0.3) is 0 Å². The van der Waals surface area contributed by atoms with E-state index in [9.17, 15) is 4.79 Å². The van der Waals surface area contributed by atoms with Crippen LogP contribution in [0.1, 0.15) is 55.2 Å². The molecule has 2 N–H and O–H groups in total. The maximum absolute atomic E-state index is 11.2. The molecule has 128 valence electrons. The molecule has 1 heterocycles. The minimum atomic E-state index is -0.300. The molecule has 5 nitrogen and oxygen atoms in total. The Kier molecular flexibility index (Phi) is 5.46. The van der Waals surface area contributed by atoms with Gasteiger partial charge in [0.2, 0.25) is 5.91 Å². The Labute approximate surface area is 151 Å². The quantitative estimate of drug-likeness (QED) is 0.720. The van der Waals surface area contributed by atoms with E-state index in [0.29, 0.717) is 18.9 Å². The number of nitrogens with zero attached hydrogens (tertiary/aromatic N) is 3. The van der Waals surface area contributed by atoms with E-state index in [1.54, 1.807) is 11.8 Å². The highest BCUT2D eigenvalue weighted by molar-refractivity contribution is 7.99. The molecule has 1 aliphatic rings.